The van der Waals surface area contributed by atoms with Crippen molar-refractivity contribution >= 4 is 17.3 Å². The van der Waals surface area contributed by atoms with E-state index in [1.165, 1.54) is 0 Å². The van der Waals surface area contributed by atoms with Crippen LogP contribution < -0.4 is 10.6 Å². The SMILES string of the molecule is CN(C)CCNc1ccc(NC(=O)C2CCOCC2)cc1. The summed E-state index contributed by atoms with van der Waals surface area (Å²) in [6.45, 7) is 3.27. The van der Waals surface area contributed by atoms with Crippen molar-refractivity contribution in [2.45, 2.75) is 12.8 Å². The predicted molar refractivity (Wildman–Crippen MR) is 85.7 cm³/mol. The third-order valence-electron chi connectivity index (χ3n) is 3.63. The molecular formula is C16H25N3O2. The minimum absolute atomic E-state index is 0.0802. The number of nitrogens with zero attached hydrogens (tertiary/aromatic N) is 1. The first-order chi connectivity index (χ1) is 10.1. The molecule has 1 fully saturated rings. The van der Waals surface area contributed by atoms with Crippen molar-refractivity contribution in [3.8, 4) is 0 Å². The van der Waals surface area contributed by atoms with E-state index in [0.717, 1.165) is 37.3 Å². The van der Waals surface area contributed by atoms with Gasteiger partial charge in [0.25, 0.3) is 0 Å². The van der Waals surface area contributed by atoms with Crippen molar-refractivity contribution in [3.63, 3.8) is 0 Å². The van der Waals surface area contributed by atoms with Crippen molar-refractivity contribution < 1.29 is 9.53 Å². The summed E-state index contributed by atoms with van der Waals surface area (Å²) in [5.74, 6) is 0.184. The first kappa shape index (κ1) is 15.8. The van der Waals surface area contributed by atoms with Gasteiger partial charge in [0, 0.05) is 43.6 Å². The van der Waals surface area contributed by atoms with Crippen LogP contribution >= 0.6 is 0 Å². The Morgan fingerprint density at radius 3 is 2.43 bits per heavy atom. The van der Waals surface area contributed by atoms with Gasteiger partial charge >= 0.3 is 0 Å². The summed E-state index contributed by atoms with van der Waals surface area (Å²) in [4.78, 5) is 14.2. The van der Waals surface area contributed by atoms with Gasteiger partial charge in [-0.1, -0.05) is 0 Å². The summed E-state index contributed by atoms with van der Waals surface area (Å²) in [6.07, 6.45) is 1.63. The van der Waals surface area contributed by atoms with Gasteiger partial charge in [-0.05, 0) is 51.2 Å². The molecule has 1 aromatic rings. The van der Waals surface area contributed by atoms with Gasteiger partial charge in [-0.25, -0.2) is 0 Å². The fraction of sp³-hybridized carbons (Fsp3) is 0.562. The molecule has 5 heteroatoms. The van der Waals surface area contributed by atoms with Crippen LogP contribution in [-0.4, -0.2) is 51.2 Å². The van der Waals surface area contributed by atoms with Gasteiger partial charge in [-0.15, -0.1) is 0 Å². The number of rotatable bonds is 6. The molecule has 0 spiro atoms. The number of anilines is 2. The minimum Gasteiger partial charge on any atom is -0.384 e. The highest BCUT2D eigenvalue weighted by molar-refractivity contribution is 5.92. The maximum atomic E-state index is 12.1. The third kappa shape index (κ3) is 5.36. The summed E-state index contributed by atoms with van der Waals surface area (Å²) in [5, 5.41) is 6.33. The quantitative estimate of drug-likeness (QED) is 0.842. The zero-order chi connectivity index (χ0) is 15.1. The van der Waals surface area contributed by atoms with E-state index in [1.54, 1.807) is 0 Å². The van der Waals surface area contributed by atoms with Gasteiger partial charge < -0.3 is 20.3 Å². The summed E-state index contributed by atoms with van der Waals surface area (Å²) in [7, 11) is 4.10. The zero-order valence-corrected chi connectivity index (χ0v) is 12.9. The molecule has 21 heavy (non-hydrogen) atoms. The largest absolute Gasteiger partial charge is 0.384 e. The number of amides is 1. The standard InChI is InChI=1S/C16H25N3O2/c1-19(2)10-9-17-14-3-5-15(6-4-14)18-16(20)13-7-11-21-12-8-13/h3-6,13,17H,7-12H2,1-2H3,(H,18,20). The first-order valence-electron chi connectivity index (χ1n) is 7.52. The van der Waals surface area contributed by atoms with E-state index >= 15 is 0 Å². The molecule has 116 valence electrons. The van der Waals surface area contributed by atoms with E-state index in [9.17, 15) is 4.79 Å². The number of carbonyl (C=O) groups is 1. The number of nitrogens with one attached hydrogen (secondary N) is 2. The monoisotopic (exact) mass is 291 g/mol. The van der Waals surface area contributed by atoms with Crippen LogP contribution in [0, 0.1) is 5.92 Å². The van der Waals surface area contributed by atoms with E-state index in [1.807, 2.05) is 24.3 Å². The molecule has 2 rings (SSSR count). The summed E-state index contributed by atoms with van der Waals surface area (Å²) < 4.78 is 5.28. The van der Waals surface area contributed by atoms with Crippen LogP contribution in [0.25, 0.3) is 0 Å². The molecule has 0 aromatic heterocycles. The number of hydrogen-bond donors (Lipinski definition) is 2. The first-order valence-corrected chi connectivity index (χ1v) is 7.52. The number of carbonyl (C=O) groups excluding carboxylic acids is 1. The molecule has 0 bridgehead atoms. The molecule has 1 aliphatic heterocycles. The Morgan fingerprint density at radius 1 is 1.19 bits per heavy atom. The van der Waals surface area contributed by atoms with Crippen molar-refractivity contribution in [1.82, 2.24) is 4.90 Å². The lowest BCUT2D eigenvalue weighted by Crippen LogP contribution is -2.28. The molecule has 1 saturated heterocycles. The van der Waals surface area contributed by atoms with Gasteiger partial charge in [0.1, 0.15) is 0 Å². The molecule has 1 heterocycles. The molecule has 1 amide bonds. The molecule has 0 unspecified atom stereocenters. The topological polar surface area (TPSA) is 53.6 Å². The maximum absolute atomic E-state index is 12.1. The Balaban J connectivity index is 1.80. The second kappa shape index (κ2) is 8.00. The average Bonchev–Trinajstić information content (AvgIpc) is 2.49. The smallest absolute Gasteiger partial charge is 0.227 e. The van der Waals surface area contributed by atoms with Gasteiger partial charge in [-0.3, -0.25) is 4.79 Å². The molecular weight excluding hydrogens is 266 g/mol. The van der Waals surface area contributed by atoms with Gasteiger partial charge in [-0.2, -0.15) is 0 Å². The van der Waals surface area contributed by atoms with E-state index in [0.29, 0.717) is 13.2 Å². The third-order valence-corrected chi connectivity index (χ3v) is 3.63. The Morgan fingerprint density at radius 2 is 1.81 bits per heavy atom. The predicted octanol–water partition coefficient (Wildman–Crippen LogP) is 2.03. The molecule has 0 aliphatic carbocycles. The highest BCUT2D eigenvalue weighted by atomic mass is 16.5. The maximum Gasteiger partial charge on any atom is 0.227 e. The highest BCUT2D eigenvalue weighted by Crippen LogP contribution is 2.19. The molecule has 1 aromatic carbocycles. The highest BCUT2D eigenvalue weighted by Gasteiger charge is 2.21. The van der Waals surface area contributed by atoms with E-state index in [4.69, 9.17) is 4.74 Å². The van der Waals surface area contributed by atoms with Gasteiger partial charge in [0.2, 0.25) is 5.91 Å². The van der Waals surface area contributed by atoms with Gasteiger partial charge in [0.05, 0.1) is 0 Å². The van der Waals surface area contributed by atoms with Crippen LogP contribution in [0.15, 0.2) is 24.3 Å². The normalized spacial score (nSPS) is 16.0. The Kier molecular flexibility index (Phi) is 6.02. The second-order valence-electron chi connectivity index (χ2n) is 5.68. The molecule has 2 N–H and O–H groups in total. The lowest BCUT2D eigenvalue weighted by Gasteiger charge is -2.21. The lowest BCUT2D eigenvalue weighted by atomic mass is 9.99. The summed E-state index contributed by atoms with van der Waals surface area (Å²) in [6, 6.07) is 7.87. The number of hydrogen-bond acceptors (Lipinski definition) is 4. The van der Waals surface area contributed by atoms with Crippen LogP contribution in [0.2, 0.25) is 0 Å². The van der Waals surface area contributed by atoms with E-state index in [-0.39, 0.29) is 11.8 Å². The van der Waals surface area contributed by atoms with Crippen molar-refractivity contribution in [1.29, 1.82) is 0 Å². The lowest BCUT2D eigenvalue weighted by molar-refractivity contribution is -0.122. The van der Waals surface area contributed by atoms with Crippen LogP contribution in [0.3, 0.4) is 0 Å². The Hall–Kier alpha value is -1.59. The molecule has 0 saturated carbocycles. The second-order valence-corrected chi connectivity index (χ2v) is 5.68. The number of benzene rings is 1. The molecule has 0 radical (unpaired) electrons. The summed E-state index contributed by atoms with van der Waals surface area (Å²) >= 11 is 0. The van der Waals surface area contributed by atoms with Crippen molar-refractivity contribution in [2.24, 2.45) is 5.92 Å². The molecule has 1 aliphatic rings. The Bertz CT molecular complexity index is 439. The van der Waals surface area contributed by atoms with Gasteiger partial charge in [0.15, 0.2) is 0 Å². The Labute approximate surface area is 126 Å². The molecule has 0 atom stereocenters. The van der Waals surface area contributed by atoms with E-state index in [2.05, 4.69) is 29.6 Å². The number of likely N-dealkylation sites (N-methyl/N-ethyl adjacent to an activating group) is 1. The summed E-state index contributed by atoms with van der Waals surface area (Å²) in [5.41, 5.74) is 1.92. The fourth-order valence-corrected chi connectivity index (χ4v) is 2.30. The number of ether oxygens (including phenoxy) is 1. The van der Waals surface area contributed by atoms with Crippen molar-refractivity contribution in [3.05, 3.63) is 24.3 Å². The van der Waals surface area contributed by atoms with Crippen LogP contribution in [0.5, 0.6) is 0 Å². The van der Waals surface area contributed by atoms with Crippen LogP contribution in [0.4, 0.5) is 11.4 Å². The minimum atomic E-state index is 0.0802. The molecule has 5 nitrogen and oxygen atoms in total. The van der Waals surface area contributed by atoms with E-state index < -0.39 is 0 Å². The average molecular weight is 291 g/mol. The zero-order valence-electron chi connectivity index (χ0n) is 12.9. The van der Waals surface area contributed by atoms with Crippen molar-refractivity contribution in [2.75, 3.05) is 51.0 Å². The fourth-order valence-electron chi connectivity index (χ4n) is 2.30. The van der Waals surface area contributed by atoms with Crippen LogP contribution in [-0.2, 0) is 9.53 Å². The van der Waals surface area contributed by atoms with Crippen LogP contribution in [0.1, 0.15) is 12.8 Å².